The number of rotatable bonds is 2. The Balaban J connectivity index is 2.53. The molecule has 0 nitrogen and oxygen atoms in total. The zero-order chi connectivity index (χ0) is 12.4. The second-order valence-electron chi connectivity index (χ2n) is 4.19. The van der Waals surface area contributed by atoms with Crippen LogP contribution in [0.5, 0.6) is 0 Å². The van der Waals surface area contributed by atoms with E-state index < -0.39 is 7.42 Å². The number of hydrogen-bond donors (Lipinski definition) is 0. The highest BCUT2D eigenvalue weighted by molar-refractivity contribution is 7.39. The van der Waals surface area contributed by atoms with Crippen molar-refractivity contribution in [2.24, 2.45) is 0 Å². The molecule has 0 unspecified atom stereocenters. The molecule has 0 aromatic heterocycles. The highest BCUT2D eigenvalue weighted by Gasteiger charge is 2.14. The van der Waals surface area contributed by atoms with Gasteiger partial charge in [0.1, 0.15) is 0 Å². The predicted octanol–water partition coefficient (Wildman–Crippen LogP) is 3.88. The number of halogens is 2. The van der Waals surface area contributed by atoms with Crippen molar-refractivity contribution < 1.29 is 0 Å². The number of hydrogen-bond acceptors (Lipinski definition) is 0. The molecule has 0 saturated heterocycles. The molecule has 0 aliphatic carbocycles. The number of benzene rings is 2. The van der Waals surface area contributed by atoms with Gasteiger partial charge in [-0.1, -0.05) is 42.5 Å². The van der Waals surface area contributed by atoms with Gasteiger partial charge in [-0.2, -0.15) is 0 Å². The fourth-order valence-electron chi connectivity index (χ4n) is 2.12. The summed E-state index contributed by atoms with van der Waals surface area (Å²) < 4.78 is 0. The molecule has 17 heavy (non-hydrogen) atoms. The molecule has 0 N–H and O–H groups in total. The molecule has 0 radical (unpaired) electrons. The minimum atomic E-state index is -1.78. The quantitative estimate of drug-likeness (QED) is 0.579. The van der Waals surface area contributed by atoms with E-state index >= 15 is 0 Å². The molecular weight excluding hydrogens is 267 g/mol. The van der Waals surface area contributed by atoms with Gasteiger partial charge in [0.25, 0.3) is 7.42 Å². The summed E-state index contributed by atoms with van der Waals surface area (Å²) in [5, 5.41) is 1.16. The Morgan fingerprint density at radius 1 is 0.824 bits per heavy atom. The summed E-state index contributed by atoms with van der Waals surface area (Å²) in [6.07, 6.45) is 0. The lowest BCUT2D eigenvalue weighted by Crippen LogP contribution is -2.24. The number of aryl methyl sites for hydroxylation is 2. The van der Waals surface area contributed by atoms with Crippen LogP contribution in [0.25, 0.3) is 11.1 Å². The third kappa shape index (κ3) is 2.74. The highest BCUT2D eigenvalue weighted by atomic mass is 35.7. The maximum Gasteiger partial charge on any atom is 0.267 e. The average molecular weight is 281 g/mol. The van der Waals surface area contributed by atoms with Gasteiger partial charge in [0.05, 0.1) is 0 Å². The first-order chi connectivity index (χ1) is 8.09. The molecule has 0 saturated carbocycles. The van der Waals surface area contributed by atoms with E-state index in [4.69, 9.17) is 22.2 Å². The van der Waals surface area contributed by atoms with Gasteiger partial charge in [-0.05, 0) is 41.3 Å². The lowest BCUT2D eigenvalue weighted by molar-refractivity contribution is 1.43. The summed E-state index contributed by atoms with van der Waals surface area (Å²) in [6.45, 7) is 4.17. The topological polar surface area (TPSA) is 0 Å². The third-order valence-electron chi connectivity index (χ3n) is 2.92. The second kappa shape index (κ2) is 5.26. The van der Waals surface area contributed by atoms with Gasteiger partial charge < -0.3 is 0 Å². The fourth-order valence-corrected chi connectivity index (χ4v) is 5.04. The van der Waals surface area contributed by atoms with Gasteiger partial charge in [0.2, 0.25) is 0 Å². The van der Waals surface area contributed by atoms with Gasteiger partial charge >= 0.3 is 0 Å². The van der Waals surface area contributed by atoms with Crippen molar-refractivity contribution in [1.29, 1.82) is 0 Å². The van der Waals surface area contributed by atoms with Crippen LogP contribution in [0.2, 0.25) is 0 Å². The second-order valence-corrected chi connectivity index (χ2v) is 8.66. The van der Waals surface area contributed by atoms with Crippen LogP contribution in [0.4, 0.5) is 0 Å². The standard InChI is InChI=1S/C14H14Cl2Si/c1-10-8-13(12-6-4-3-5-7-12)9-11(2)14(10)17(15)16/h3-9,17H,1-2H3. The third-order valence-corrected chi connectivity index (χ3v) is 5.58. The summed E-state index contributed by atoms with van der Waals surface area (Å²) in [6, 6.07) is 14.7. The monoisotopic (exact) mass is 280 g/mol. The Kier molecular flexibility index (Phi) is 3.92. The molecule has 2 aromatic carbocycles. The largest absolute Gasteiger partial charge is 0.267 e. The van der Waals surface area contributed by atoms with Gasteiger partial charge in [0, 0.05) is 0 Å². The van der Waals surface area contributed by atoms with Crippen molar-refractivity contribution in [3.8, 4) is 11.1 Å². The molecule has 2 rings (SSSR count). The molecule has 0 aliphatic rings. The SMILES string of the molecule is Cc1cc(-c2ccccc2)cc(C)c1[SiH](Cl)Cl. The zero-order valence-corrected chi connectivity index (χ0v) is 12.5. The van der Waals surface area contributed by atoms with E-state index in [1.54, 1.807) is 0 Å². The van der Waals surface area contributed by atoms with Gasteiger partial charge in [-0.25, -0.2) is 0 Å². The highest BCUT2D eigenvalue weighted by Crippen LogP contribution is 2.22. The van der Waals surface area contributed by atoms with Crippen molar-refractivity contribution in [3.63, 3.8) is 0 Å². The lowest BCUT2D eigenvalue weighted by Gasteiger charge is -2.12. The van der Waals surface area contributed by atoms with E-state index in [0.717, 1.165) is 5.19 Å². The molecule has 0 spiro atoms. The van der Waals surface area contributed by atoms with Crippen LogP contribution in [-0.2, 0) is 0 Å². The van der Waals surface area contributed by atoms with Crippen molar-refractivity contribution >= 4 is 34.8 Å². The first-order valence-electron chi connectivity index (χ1n) is 5.54. The van der Waals surface area contributed by atoms with E-state index in [2.05, 4.69) is 50.2 Å². The Hall–Kier alpha value is -0.763. The Morgan fingerprint density at radius 2 is 1.35 bits per heavy atom. The molecule has 0 fully saturated rings. The summed E-state index contributed by atoms with van der Waals surface area (Å²) in [5.41, 5.74) is 4.86. The van der Waals surface area contributed by atoms with E-state index in [-0.39, 0.29) is 0 Å². The van der Waals surface area contributed by atoms with Crippen molar-refractivity contribution in [2.45, 2.75) is 13.8 Å². The Labute approximate surface area is 113 Å². The van der Waals surface area contributed by atoms with E-state index in [0.29, 0.717) is 0 Å². The van der Waals surface area contributed by atoms with Crippen LogP contribution in [-0.4, -0.2) is 7.42 Å². The molecule has 2 aromatic rings. The summed E-state index contributed by atoms with van der Waals surface area (Å²) in [4.78, 5) is 0. The Morgan fingerprint density at radius 3 is 1.82 bits per heavy atom. The molecule has 0 heterocycles. The average Bonchev–Trinajstić information content (AvgIpc) is 2.28. The summed E-state index contributed by atoms with van der Waals surface area (Å²) in [5.74, 6) is 0. The van der Waals surface area contributed by atoms with E-state index in [1.165, 1.54) is 22.3 Å². The summed E-state index contributed by atoms with van der Waals surface area (Å²) in [7, 11) is -1.78. The fraction of sp³-hybridized carbons (Fsp3) is 0.143. The molecule has 3 heteroatoms. The molecule has 0 aliphatic heterocycles. The first kappa shape index (κ1) is 12.7. The van der Waals surface area contributed by atoms with Crippen molar-refractivity contribution in [1.82, 2.24) is 0 Å². The first-order valence-corrected chi connectivity index (χ1v) is 9.61. The van der Waals surface area contributed by atoms with Crippen LogP contribution in [0.1, 0.15) is 11.1 Å². The smallest absolute Gasteiger partial charge is 0.144 e. The normalized spacial score (nSPS) is 10.9. The van der Waals surface area contributed by atoms with Crippen LogP contribution in [0.3, 0.4) is 0 Å². The maximum absolute atomic E-state index is 6.12. The van der Waals surface area contributed by atoms with E-state index in [1.807, 2.05) is 6.07 Å². The lowest BCUT2D eigenvalue weighted by atomic mass is 10.0. The van der Waals surface area contributed by atoms with Crippen LogP contribution in [0, 0.1) is 13.8 Å². The van der Waals surface area contributed by atoms with Crippen molar-refractivity contribution in [3.05, 3.63) is 53.6 Å². The minimum absolute atomic E-state index is 1.16. The molecule has 0 bridgehead atoms. The maximum atomic E-state index is 6.12. The van der Waals surface area contributed by atoms with Crippen LogP contribution >= 0.6 is 22.2 Å². The zero-order valence-electron chi connectivity index (χ0n) is 9.87. The molecule has 0 atom stereocenters. The summed E-state index contributed by atoms with van der Waals surface area (Å²) >= 11 is 12.2. The molecular formula is C14H14Cl2Si. The minimum Gasteiger partial charge on any atom is -0.144 e. The molecule has 88 valence electrons. The predicted molar refractivity (Wildman–Crippen MR) is 79.8 cm³/mol. The van der Waals surface area contributed by atoms with Crippen LogP contribution < -0.4 is 5.19 Å². The Bertz CT molecular complexity index is 498. The van der Waals surface area contributed by atoms with Crippen molar-refractivity contribution in [2.75, 3.05) is 0 Å². The van der Waals surface area contributed by atoms with Gasteiger partial charge in [-0.15, -0.1) is 22.2 Å². The van der Waals surface area contributed by atoms with E-state index in [9.17, 15) is 0 Å². The van der Waals surface area contributed by atoms with Gasteiger partial charge in [-0.3, -0.25) is 0 Å². The molecule has 0 amide bonds. The van der Waals surface area contributed by atoms with Gasteiger partial charge in [0.15, 0.2) is 0 Å². The van der Waals surface area contributed by atoms with Crippen LogP contribution in [0.15, 0.2) is 42.5 Å².